The molecular formula is C12H19N3O2. The van der Waals surface area contributed by atoms with Crippen LogP contribution in [0.2, 0.25) is 0 Å². The van der Waals surface area contributed by atoms with Crippen molar-refractivity contribution in [3.8, 4) is 0 Å². The monoisotopic (exact) mass is 237 g/mol. The summed E-state index contributed by atoms with van der Waals surface area (Å²) in [6, 6.07) is 1.65. The lowest BCUT2D eigenvalue weighted by molar-refractivity contribution is 0.0950. The molecule has 0 aromatic carbocycles. The number of hydrogen-bond acceptors (Lipinski definition) is 4. The Hall–Kier alpha value is -1.62. The number of nitrogens with two attached hydrogens (primary N) is 1. The average Bonchev–Trinajstić information content (AvgIpc) is 2.32. The zero-order valence-corrected chi connectivity index (χ0v) is 10.3. The third-order valence-electron chi connectivity index (χ3n) is 2.41. The number of carbonyl (C=O) groups excluding carboxylic acids is 1. The summed E-state index contributed by atoms with van der Waals surface area (Å²) in [4.78, 5) is 15.9. The topological polar surface area (TPSA) is 77.2 Å². The van der Waals surface area contributed by atoms with Gasteiger partial charge in [-0.3, -0.25) is 9.78 Å². The molecule has 1 aromatic rings. The number of nitrogens with one attached hydrogen (secondary N) is 1. The molecule has 0 aliphatic carbocycles. The van der Waals surface area contributed by atoms with Crippen molar-refractivity contribution >= 4 is 11.6 Å². The Kier molecular flexibility index (Phi) is 5.42. The molecule has 94 valence electrons. The molecule has 0 fully saturated rings. The number of hydrogen-bond donors (Lipinski definition) is 2. The molecule has 0 saturated heterocycles. The molecule has 1 heterocycles. The molecule has 5 nitrogen and oxygen atoms in total. The van der Waals surface area contributed by atoms with Gasteiger partial charge in [0, 0.05) is 20.3 Å². The van der Waals surface area contributed by atoms with Gasteiger partial charge in [0.05, 0.1) is 23.1 Å². The van der Waals surface area contributed by atoms with Gasteiger partial charge in [0.2, 0.25) is 0 Å². The minimum atomic E-state index is -0.125. The van der Waals surface area contributed by atoms with E-state index in [0.717, 1.165) is 19.4 Å². The van der Waals surface area contributed by atoms with Gasteiger partial charge in [-0.25, -0.2) is 0 Å². The number of aromatic nitrogens is 1. The molecule has 0 radical (unpaired) electrons. The van der Waals surface area contributed by atoms with E-state index in [4.69, 9.17) is 10.5 Å². The molecule has 0 atom stereocenters. The standard InChI is InChI=1S/C12H19N3O2/c1-9-11(7-10(13)8-15-9)12(16)14-5-3-4-6-17-2/h7-8H,3-6,13H2,1-2H3,(H,14,16). The van der Waals surface area contributed by atoms with Crippen LogP contribution in [-0.4, -0.2) is 31.2 Å². The Morgan fingerprint density at radius 3 is 3.00 bits per heavy atom. The van der Waals surface area contributed by atoms with Crippen molar-refractivity contribution < 1.29 is 9.53 Å². The minimum Gasteiger partial charge on any atom is -0.397 e. The van der Waals surface area contributed by atoms with Crippen LogP contribution in [-0.2, 0) is 4.74 Å². The van der Waals surface area contributed by atoms with E-state index in [-0.39, 0.29) is 5.91 Å². The number of unbranched alkanes of at least 4 members (excludes halogenated alkanes) is 1. The second kappa shape index (κ2) is 6.85. The highest BCUT2D eigenvalue weighted by Gasteiger charge is 2.09. The smallest absolute Gasteiger partial charge is 0.253 e. The van der Waals surface area contributed by atoms with Crippen molar-refractivity contribution in [1.82, 2.24) is 10.3 Å². The van der Waals surface area contributed by atoms with E-state index in [1.54, 1.807) is 26.3 Å². The molecule has 0 spiro atoms. The molecule has 17 heavy (non-hydrogen) atoms. The summed E-state index contributed by atoms with van der Waals surface area (Å²) in [7, 11) is 1.67. The van der Waals surface area contributed by atoms with E-state index in [2.05, 4.69) is 10.3 Å². The normalized spacial score (nSPS) is 10.2. The Labute approximate surface area is 101 Å². The summed E-state index contributed by atoms with van der Waals surface area (Å²) in [6.45, 7) is 3.14. The maximum absolute atomic E-state index is 11.8. The highest BCUT2D eigenvalue weighted by atomic mass is 16.5. The van der Waals surface area contributed by atoms with Crippen LogP contribution < -0.4 is 11.1 Å². The molecule has 1 aromatic heterocycles. The van der Waals surface area contributed by atoms with Crippen molar-refractivity contribution in [2.75, 3.05) is 26.0 Å². The van der Waals surface area contributed by atoms with E-state index in [1.807, 2.05) is 0 Å². The van der Waals surface area contributed by atoms with E-state index < -0.39 is 0 Å². The predicted molar refractivity (Wildman–Crippen MR) is 66.8 cm³/mol. The third kappa shape index (κ3) is 4.40. The van der Waals surface area contributed by atoms with E-state index in [0.29, 0.717) is 23.5 Å². The van der Waals surface area contributed by atoms with E-state index >= 15 is 0 Å². The highest BCUT2D eigenvalue weighted by Crippen LogP contribution is 2.09. The Bertz CT molecular complexity index is 380. The lowest BCUT2D eigenvalue weighted by Crippen LogP contribution is -2.25. The number of nitrogen functional groups attached to an aromatic ring is 1. The van der Waals surface area contributed by atoms with Crippen molar-refractivity contribution in [2.24, 2.45) is 0 Å². The number of rotatable bonds is 6. The SMILES string of the molecule is COCCCCNC(=O)c1cc(N)cnc1C. The zero-order valence-electron chi connectivity index (χ0n) is 10.3. The van der Waals surface area contributed by atoms with Gasteiger partial charge in [0.15, 0.2) is 0 Å². The Morgan fingerprint density at radius 1 is 1.53 bits per heavy atom. The number of methoxy groups -OCH3 is 1. The molecule has 0 aliphatic rings. The summed E-state index contributed by atoms with van der Waals surface area (Å²) < 4.78 is 4.93. The Morgan fingerprint density at radius 2 is 2.29 bits per heavy atom. The van der Waals surface area contributed by atoms with Crippen molar-refractivity contribution in [3.63, 3.8) is 0 Å². The molecule has 3 N–H and O–H groups in total. The van der Waals surface area contributed by atoms with Crippen LogP contribution in [0.1, 0.15) is 28.9 Å². The van der Waals surface area contributed by atoms with Gasteiger partial charge in [-0.15, -0.1) is 0 Å². The molecule has 1 amide bonds. The first kappa shape index (κ1) is 13.4. The van der Waals surface area contributed by atoms with E-state index in [9.17, 15) is 4.79 Å². The minimum absolute atomic E-state index is 0.125. The van der Waals surface area contributed by atoms with Gasteiger partial charge >= 0.3 is 0 Å². The van der Waals surface area contributed by atoms with Crippen LogP contribution in [0.25, 0.3) is 0 Å². The molecule has 0 saturated carbocycles. The van der Waals surface area contributed by atoms with Gasteiger partial charge in [0.1, 0.15) is 0 Å². The molecule has 1 rings (SSSR count). The quantitative estimate of drug-likeness (QED) is 0.727. The first-order chi connectivity index (χ1) is 8.15. The molecule has 0 unspecified atom stereocenters. The fraction of sp³-hybridized carbons (Fsp3) is 0.500. The van der Waals surface area contributed by atoms with Crippen molar-refractivity contribution in [1.29, 1.82) is 0 Å². The number of carbonyl (C=O) groups is 1. The highest BCUT2D eigenvalue weighted by molar-refractivity contribution is 5.95. The maximum Gasteiger partial charge on any atom is 0.253 e. The number of aryl methyl sites for hydroxylation is 1. The largest absolute Gasteiger partial charge is 0.397 e. The van der Waals surface area contributed by atoms with Crippen LogP contribution in [0.15, 0.2) is 12.3 Å². The second-order valence-corrected chi connectivity index (χ2v) is 3.86. The Balaban J connectivity index is 2.44. The number of anilines is 1. The van der Waals surface area contributed by atoms with Crippen LogP contribution in [0.5, 0.6) is 0 Å². The van der Waals surface area contributed by atoms with Crippen LogP contribution >= 0.6 is 0 Å². The molecule has 5 heteroatoms. The van der Waals surface area contributed by atoms with E-state index in [1.165, 1.54) is 0 Å². The zero-order chi connectivity index (χ0) is 12.7. The lowest BCUT2D eigenvalue weighted by Gasteiger charge is -2.07. The molecule has 0 bridgehead atoms. The summed E-state index contributed by atoms with van der Waals surface area (Å²) in [5.41, 5.74) is 7.33. The summed E-state index contributed by atoms with van der Waals surface area (Å²) in [5.74, 6) is -0.125. The van der Waals surface area contributed by atoms with Gasteiger partial charge in [-0.05, 0) is 25.8 Å². The summed E-state index contributed by atoms with van der Waals surface area (Å²) >= 11 is 0. The predicted octanol–water partition coefficient (Wildman–Crippen LogP) is 1.13. The second-order valence-electron chi connectivity index (χ2n) is 3.86. The number of pyridine rings is 1. The number of nitrogens with zero attached hydrogens (tertiary/aromatic N) is 1. The van der Waals surface area contributed by atoms with Gasteiger partial charge in [-0.1, -0.05) is 0 Å². The lowest BCUT2D eigenvalue weighted by atomic mass is 10.2. The first-order valence-corrected chi connectivity index (χ1v) is 5.64. The van der Waals surface area contributed by atoms with Crippen LogP contribution in [0.4, 0.5) is 5.69 Å². The summed E-state index contributed by atoms with van der Waals surface area (Å²) in [6.07, 6.45) is 3.38. The van der Waals surface area contributed by atoms with Crippen molar-refractivity contribution in [3.05, 3.63) is 23.5 Å². The van der Waals surface area contributed by atoms with Crippen LogP contribution in [0.3, 0.4) is 0 Å². The van der Waals surface area contributed by atoms with Gasteiger partial charge in [-0.2, -0.15) is 0 Å². The van der Waals surface area contributed by atoms with Gasteiger partial charge < -0.3 is 15.8 Å². The first-order valence-electron chi connectivity index (χ1n) is 5.64. The fourth-order valence-corrected chi connectivity index (χ4v) is 1.45. The average molecular weight is 237 g/mol. The molecule has 0 aliphatic heterocycles. The van der Waals surface area contributed by atoms with Crippen LogP contribution in [0, 0.1) is 6.92 Å². The van der Waals surface area contributed by atoms with Crippen molar-refractivity contribution in [2.45, 2.75) is 19.8 Å². The number of ether oxygens (including phenoxy) is 1. The maximum atomic E-state index is 11.8. The van der Waals surface area contributed by atoms with Gasteiger partial charge in [0.25, 0.3) is 5.91 Å². The summed E-state index contributed by atoms with van der Waals surface area (Å²) in [5, 5.41) is 2.84. The fourth-order valence-electron chi connectivity index (χ4n) is 1.45. The number of amides is 1. The molecular weight excluding hydrogens is 218 g/mol. The third-order valence-corrected chi connectivity index (χ3v) is 2.41.